The first-order valence-electron chi connectivity index (χ1n) is 6.60. The molecule has 0 saturated carbocycles. The summed E-state index contributed by atoms with van der Waals surface area (Å²) in [4.78, 5) is 4.37. The van der Waals surface area contributed by atoms with E-state index in [1.165, 1.54) is 17.8 Å². The Morgan fingerprint density at radius 3 is 3.11 bits per heavy atom. The lowest BCUT2D eigenvalue weighted by Gasteiger charge is -2.30. The molecule has 1 aliphatic rings. The maximum absolute atomic E-state index is 5.96. The van der Waals surface area contributed by atoms with Crippen LogP contribution in [0.2, 0.25) is 4.34 Å². The van der Waals surface area contributed by atoms with Crippen molar-refractivity contribution in [1.29, 1.82) is 0 Å². The van der Waals surface area contributed by atoms with Crippen molar-refractivity contribution in [3.05, 3.63) is 15.5 Å². The largest absolute Gasteiger partial charge is 0.371 e. The molecule has 1 aliphatic heterocycles. The number of hydrogen-bond donors (Lipinski definition) is 1. The average Bonchev–Trinajstić information content (AvgIpc) is 2.76. The third-order valence-corrected chi connectivity index (χ3v) is 4.32. The molecule has 2 unspecified atom stereocenters. The van der Waals surface area contributed by atoms with E-state index < -0.39 is 0 Å². The van der Waals surface area contributed by atoms with E-state index in [-0.39, 0.29) is 6.10 Å². The van der Waals surface area contributed by atoms with Crippen molar-refractivity contribution in [2.75, 3.05) is 19.7 Å². The van der Waals surface area contributed by atoms with Gasteiger partial charge >= 0.3 is 0 Å². The van der Waals surface area contributed by atoms with Crippen molar-refractivity contribution in [1.82, 2.24) is 10.3 Å². The zero-order valence-electron chi connectivity index (χ0n) is 11.0. The molecule has 2 atom stereocenters. The van der Waals surface area contributed by atoms with Gasteiger partial charge in [0.25, 0.3) is 0 Å². The van der Waals surface area contributed by atoms with Gasteiger partial charge in [-0.05, 0) is 25.3 Å². The van der Waals surface area contributed by atoms with E-state index in [1.54, 1.807) is 6.20 Å². The second-order valence-corrected chi connectivity index (χ2v) is 6.94. The minimum absolute atomic E-state index is 0.121. The van der Waals surface area contributed by atoms with Gasteiger partial charge in [-0.2, -0.15) is 0 Å². The molecule has 2 rings (SSSR count). The standard InChI is InChI=1S/C13H21ClN2OS/c1-9(2)6-15-7-10-4-3-5-17-12(10)13-16-8-11(14)18-13/h8-10,12,15H,3-7H2,1-2H3. The molecule has 3 nitrogen and oxygen atoms in total. The first-order chi connectivity index (χ1) is 8.66. The summed E-state index contributed by atoms with van der Waals surface area (Å²) < 4.78 is 6.64. The molecule has 18 heavy (non-hydrogen) atoms. The van der Waals surface area contributed by atoms with E-state index >= 15 is 0 Å². The number of halogens is 1. The molecule has 0 amide bonds. The topological polar surface area (TPSA) is 34.1 Å². The van der Waals surface area contributed by atoms with Crippen molar-refractivity contribution in [3.8, 4) is 0 Å². The van der Waals surface area contributed by atoms with Crippen LogP contribution in [0.25, 0.3) is 0 Å². The maximum Gasteiger partial charge on any atom is 0.123 e. The number of ether oxygens (including phenoxy) is 1. The van der Waals surface area contributed by atoms with Crippen LogP contribution in [0.1, 0.15) is 37.8 Å². The van der Waals surface area contributed by atoms with Gasteiger partial charge in [-0.3, -0.25) is 0 Å². The van der Waals surface area contributed by atoms with Crippen LogP contribution in [0.4, 0.5) is 0 Å². The molecule has 5 heteroatoms. The Morgan fingerprint density at radius 2 is 2.44 bits per heavy atom. The predicted octanol–water partition coefficient (Wildman–Crippen LogP) is 3.51. The highest BCUT2D eigenvalue weighted by molar-refractivity contribution is 7.15. The monoisotopic (exact) mass is 288 g/mol. The summed E-state index contributed by atoms with van der Waals surface area (Å²) in [6.07, 6.45) is 4.19. The summed E-state index contributed by atoms with van der Waals surface area (Å²) in [5.41, 5.74) is 0. The van der Waals surface area contributed by atoms with Gasteiger partial charge in [-0.25, -0.2) is 4.98 Å². The van der Waals surface area contributed by atoms with Crippen LogP contribution in [0.5, 0.6) is 0 Å². The van der Waals surface area contributed by atoms with Gasteiger partial charge in [0.2, 0.25) is 0 Å². The van der Waals surface area contributed by atoms with E-state index in [0.717, 1.165) is 35.5 Å². The lowest BCUT2D eigenvalue weighted by atomic mass is 9.94. The quantitative estimate of drug-likeness (QED) is 0.900. The predicted molar refractivity (Wildman–Crippen MR) is 76.2 cm³/mol. The molecule has 1 aromatic heterocycles. The van der Waals surface area contributed by atoms with Crippen LogP contribution in [0.3, 0.4) is 0 Å². The molecule has 0 radical (unpaired) electrons. The second-order valence-electron chi connectivity index (χ2n) is 5.25. The van der Waals surface area contributed by atoms with E-state index in [1.807, 2.05) is 0 Å². The molecule has 1 fully saturated rings. The Morgan fingerprint density at radius 1 is 1.61 bits per heavy atom. The second kappa shape index (κ2) is 6.85. The molecular weight excluding hydrogens is 268 g/mol. The van der Waals surface area contributed by atoms with Crippen LogP contribution >= 0.6 is 22.9 Å². The van der Waals surface area contributed by atoms with Crippen LogP contribution in [0.15, 0.2) is 6.20 Å². The fourth-order valence-corrected chi connectivity index (χ4v) is 3.35. The zero-order chi connectivity index (χ0) is 13.0. The van der Waals surface area contributed by atoms with Crippen LogP contribution < -0.4 is 5.32 Å². The molecule has 102 valence electrons. The van der Waals surface area contributed by atoms with Crippen LogP contribution in [-0.4, -0.2) is 24.7 Å². The molecule has 0 spiro atoms. The minimum atomic E-state index is 0.121. The van der Waals surface area contributed by atoms with Gasteiger partial charge in [0.1, 0.15) is 15.4 Å². The molecule has 1 aromatic rings. The summed E-state index contributed by atoms with van der Waals surface area (Å²) in [6.45, 7) is 7.34. The fourth-order valence-electron chi connectivity index (χ4n) is 2.28. The summed E-state index contributed by atoms with van der Waals surface area (Å²) in [7, 11) is 0. The van der Waals surface area contributed by atoms with Crippen molar-refractivity contribution in [3.63, 3.8) is 0 Å². The summed E-state index contributed by atoms with van der Waals surface area (Å²) in [6, 6.07) is 0. The van der Waals surface area contributed by atoms with Crippen molar-refractivity contribution in [2.24, 2.45) is 11.8 Å². The number of nitrogens with one attached hydrogen (secondary N) is 1. The lowest BCUT2D eigenvalue weighted by Crippen LogP contribution is -2.33. The van der Waals surface area contributed by atoms with E-state index in [0.29, 0.717) is 11.8 Å². The highest BCUT2D eigenvalue weighted by Gasteiger charge is 2.29. The van der Waals surface area contributed by atoms with Gasteiger partial charge < -0.3 is 10.1 Å². The summed E-state index contributed by atoms with van der Waals surface area (Å²) in [5.74, 6) is 1.20. The van der Waals surface area contributed by atoms with E-state index in [4.69, 9.17) is 16.3 Å². The molecule has 1 N–H and O–H groups in total. The van der Waals surface area contributed by atoms with Crippen LogP contribution in [-0.2, 0) is 4.74 Å². The first kappa shape index (κ1) is 14.3. The molecule has 2 heterocycles. The third-order valence-electron chi connectivity index (χ3n) is 3.14. The number of rotatable bonds is 5. The summed E-state index contributed by atoms with van der Waals surface area (Å²) >= 11 is 7.50. The average molecular weight is 289 g/mol. The Kier molecular flexibility index (Phi) is 5.42. The Hall–Kier alpha value is -0.160. The van der Waals surface area contributed by atoms with Gasteiger partial charge in [0.05, 0.1) is 6.20 Å². The van der Waals surface area contributed by atoms with E-state index in [9.17, 15) is 0 Å². The SMILES string of the molecule is CC(C)CNCC1CCCOC1c1ncc(Cl)s1. The maximum atomic E-state index is 5.96. The third kappa shape index (κ3) is 3.92. The fraction of sp³-hybridized carbons (Fsp3) is 0.769. The van der Waals surface area contributed by atoms with E-state index in [2.05, 4.69) is 24.1 Å². The van der Waals surface area contributed by atoms with Crippen molar-refractivity contribution >= 4 is 22.9 Å². The minimum Gasteiger partial charge on any atom is -0.371 e. The van der Waals surface area contributed by atoms with Gasteiger partial charge in [-0.1, -0.05) is 25.4 Å². The lowest BCUT2D eigenvalue weighted by molar-refractivity contribution is -0.0279. The smallest absolute Gasteiger partial charge is 0.123 e. The number of nitrogens with zero attached hydrogens (tertiary/aromatic N) is 1. The Labute approximate surface area is 118 Å². The Balaban J connectivity index is 1.93. The van der Waals surface area contributed by atoms with Gasteiger partial charge in [0, 0.05) is 19.1 Å². The molecule has 0 aliphatic carbocycles. The van der Waals surface area contributed by atoms with Gasteiger partial charge in [-0.15, -0.1) is 11.3 Å². The van der Waals surface area contributed by atoms with Crippen LogP contribution in [0, 0.1) is 11.8 Å². The number of thiazole rings is 1. The van der Waals surface area contributed by atoms with Gasteiger partial charge in [0.15, 0.2) is 0 Å². The zero-order valence-corrected chi connectivity index (χ0v) is 12.6. The number of aromatic nitrogens is 1. The molecule has 0 aromatic carbocycles. The normalized spacial score (nSPS) is 24.7. The molecule has 0 bridgehead atoms. The van der Waals surface area contributed by atoms with Crippen molar-refractivity contribution < 1.29 is 4.74 Å². The molecular formula is C13H21ClN2OS. The Bertz CT molecular complexity index is 370. The first-order valence-corrected chi connectivity index (χ1v) is 7.80. The number of hydrogen-bond acceptors (Lipinski definition) is 4. The molecule has 1 saturated heterocycles. The summed E-state index contributed by atoms with van der Waals surface area (Å²) in [5, 5.41) is 4.55. The highest BCUT2D eigenvalue weighted by atomic mass is 35.5. The van der Waals surface area contributed by atoms with Crippen molar-refractivity contribution in [2.45, 2.75) is 32.8 Å². The highest BCUT2D eigenvalue weighted by Crippen LogP contribution is 2.36.